The maximum absolute atomic E-state index is 5.46. The molecule has 24 heavy (non-hydrogen) atoms. The number of hydrogen-bond acceptors (Lipinski definition) is 8. The molecular formula is C14H21ClN5O3S-. The summed E-state index contributed by atoms with van der Waals surface area (Å²) in [6, 6.07) is 3.84. The monoisotopic (exact) mass is 374 g/mol. The van der Waals surface area contributed by atoms with Crippen LogP contribution in [0.2, 0.25) is 0 Å². The molecule has 0 aliphatic heterocycles. The average molecular weight is 375 g/mol. The fourth-order valence-corrected chi connectivity index (χ4v) is 2.83. The van der Waals surface area contributed by atoms with Crippen molar-refractivity contribution in [2.45, 2.75) is 11.7 Å². The van der Waals surface area contributed by atoms with E-state index < -0.39 is 0 Å². The molecule has 2 aromatic rings. The van der Waals surface area contributed by atoms with E-state index in [1.54, 1.807) is 37.8 Å². The molecular weight excluding hydrogens is 354 g/mol. The van der Waals surface area contributed by atoms with Crippen LogP contribution >= 0.6 is 11.8 Å². The molecule has 2 rings (SSSR count). The van der Waals surface area contributed by atoms with Gasteiger partial charge in [-0.05, 0) is 16.5 Å². The van der Waals surface area contributed by atoms with Gasteiger partial charge in [-0.3, -0.25) is 0 Å². The molecule has 0 unspecified atom stereocenters. The Labute approximate surface area is 151 Å². The minimum atomic E-state index is 0. The molecule has 1 aromatic carbocycles. The number of tetrazole rings is 1. The van der Waals surface area contributed by atoms with Gasteiger partial charge in [0.15, 0.2) is 11.5 Å². The van der Waals surface area contributed by atoms with Crippen LogP contribution in [-0.2, 0) is 13.6 Å². The van der Waals surface area contributed by atoms with E-state index >= 15 is 0 Å². The number of nitrogens with zero attached hydrogens (tertiary/aromatic N) is 4. The lowest BCUT2D eigenvalue weighted by Gasteiger charge is -2.16. The predicted molar refractivity (Wildman–Crippen MR) is 87.3 cm³/mol. The quantitative estimate of drug-likeness (QED) is 0.403. The molecule has 0 amide bonds. The van der Waals surface area contributed by atoms with Gasteiger partial charge >= 0.3 is 0 Å². The molecule has 134 valence electrons. The van der Waals surface area contributed by atoms with Gasteiger partial charge in [0.05, 0.1) is 21.3 Å². The summed E-state index contributed by atoms with van der Waals surface area (Å²) in [7, 11) is 6.65. The zero-order chi connectivity index (χ0) is 16.7. The number of hydrogen-bond donors (Lipinski definition) is 1. The van der Waals surface area contributed by atoms with Crippen LogP contribution in [0.3, 0.4) is 0 Å². The second-order valence-corrected chi connectivity index (χ2v) is 5.67. The molecule has 0 saturated heterocycles. The molecule has 1 aromatic heterocycles. The van der Waals surface area contributed by atoms with Gasteiger partial charge in [0.25, 0.3) is 0 Å². The summed E-state index contributed by atoms with van der Waals surface area (Å²) >= 11 is 1.60. The second-order valence-electron chi connectivity index (χ2n) is 4.60. The summed E-state index contributed by atoms with van der Waals surface area (Å²) in [6.45, 7) is 1.48. The molecule has 8 nitrogen and oxygen atoms in total. The number of halogens is 1. The van der Waals surface area contributed by atoms with Crippen LogP contribution in [0.5, 0.6) is 17.2 Å². The number of aromatic nitrogens is 4. The number of methoxy groups -OCH3 is 3. The third kappa shape index (κ3) is 4.89. The first-order valence-corrected chi connectivity index (χ1v) is 8.03. The van der Waals surface area contributed by atoms with Crippen molar-refractivity contribution in [3.05, 3.63) is 17.7 Å². The van der Waals surface area contributed by atoms with Crippen LogP contribution in [0.4, 0.5) is 0 Å². The van der Waals surface area contributed by atoms with Gasteiger partial charge in [0.2, 0.25) is 10.9 Å². The fraction of sp³-hybridized carbons (Fsp3) is 0.500. The summed E-state index contributed by atoms with van der Waals surface area (Å²) in [5.41, 5.74) is 1.01. The van der Waals surface area contributed by atoms with Crippen molar-refractivity contribution in [1.29, 1.82) is 0 Å². The van der Waals surface area contributed by atoms with E-state index in [4.69, 9.17) is 14.2 Å². The summed E-state index contributed by atoms with van der Waals surface area (Å²) in [4.78, 5) is 0. The first-order valence-electron chi connectivity index (χ1n) is 7.05. The second kappa shape index (κ2) is 10.2. The molecule has 0 spiro atoms. The maximum atomic E-state index is 5.46. The zero-order valence-electron chi connectivity index (χ0n) is 14.1. The first kappa shape index (κ1) is 20.3. The molecule has 10 heteroatoms. The van der Waals surface area contributed by atoms with Gasteiger partial charge < -0.3 is 31.9 Å². The SMILES string of the molecule is COc1ccc(CNCCSc2nnnn2C)c(OC)c1OC.[Cl-]. The average Bonchev–Trinajstić information content (AvgIpc) is 2.98. The van der Waals surface area contributed by atoms with Crippen molar-refractivity contribution in [2.24, 2.45) is 7.05 Å². The molecule has 1 heterocycles. The minimum absolute atomic E-state index is 0. The van der Waals surface area contributed by atoms with Gasteiger partial charge in [0, 0.05) is 31.5 Å². The van der Waals surface area contributed by atoms with Crippen molar-refractivity contribution in [3.63, 3.8) is 0 Å². The number of thioether (sulfide) groups is 1. The van der Waals surface area contributed by atoms with E-state index in [1.165, 1.54) is 0 Å². The highest BCUT2D eigenvalue weighted by molar-refractivity contribution is 7.99. The van der Waals surface area contributed by atoms with Gasteiger partial charge in [-0.25, -0.2) is 4.68 Å². The summed E-state index contributed by atoms with van der Waals surface area (Å²) in [6.07, 6.45) is 0. The Morgan fingerprint density at radius 2 is 1.88 bits per heavy atom. The van der Waals surface area contributed by atoms with Crippen LogP contribution in [-0.4, -0.2) is 53.8 Å². The third-order valence-electron chi connectivity index (χ3n) is 3.19. The number of nitrogens with one attached hydrogen (secondary N) is 1. The van der Waals surface area contributed by atoms with Gasteiger partial charge in [-0.15, -0.1) is 5.10 Å². The Bertz CT molecular complexity index is 641. The van der Waals surface area contributed by atoms with Crippen molar-refractivity contribution in [3.8, 4) is 17.2 Å². The van der Waals surface area contributed by atoms with Crippen molar-refractivity contribution >= 4 is 11.8 Å². The lowest BCUT2D eigenvalue weighted by Crippen LogP contribution is -3.00. The first-order chi connectivity index (χ1) is 11.2. The Morgan fingerprint density at radius 3 is 2.46 bits per heavy atom. The Balaban J connectivity index is 0.00000288. The van der Waals surface area contributed by atoms with Crippen LogP contribution in [0.25, 0.3) is 0 Å². The molecule has 0 atom stereocenters. The van der Waals surface area contributed by atoms with Gasteiger partial charge in [-0.2, -0.15) is 0 Å². The van der Waals surface area contributed by atoms with Gasteiger partial charge in [0.1, 0.15) is 0 Å². The zero-order valence-corrected chi connectivity index (χ0v) is 15.6. The van der Waals surface area contributed by atoms with E-state index in [2.05, 4.69) is 20.8 Å². The fourth-order valence-electron chi connectivity index (χ4n) is 2.08. The standard InChI is InChI=1S/C14H21N5O3S.ClH/c1-19-14(16-17-18-19)23-8-7-15-9-10-5-6-11(20-2)13(22-4)12(10)21-3;/h5-6,15H,7-9H2,1-4H3;1H/p-1. The van der Waals surface area contributed by atoms with E-state index in [1.807, 2.05) is 19.2 Å². The Kier molecular flexibility index (Phi) is 8.66. The highest BCUT2D eigenvalue weighted by Gasteiger charge is 2.15. The maximum Gasteiger partial charge on any atom is 0.209 e. The molecule has 1 N–H and O–H groups in total. The highest BCUT2D eigenvalue weighted by Crippen LogP contribution is 2.39. The lowest BCUT2D eigenvalue weighted by molar-refractivity contribution is -0.00000574. The van der Waals surface area contributed by atoms with Gasteiger partial charge in [-0.1, -0.05) is 17.8 Å². The van der Waals surface area contributed by atoms with Crippen molar-refractivity contribution in [2.75, 3.05) is 33.6 Å². The normalized spacial score (nSPS) is 10.2. The van der Waals surface area contributed by atoms with Crippen LogP contribution in [0, 0.1) is 0 Å². The molecule has 0 aliphatic rings. The smallest absolute Gasteiger partial charge is 0.209 e. The third-order valence-corrected chi connectivity index (χ3v) is 4.20. The van der Waals surface area contributed by atoms with Crippen LogP contribution < -0.4 is 31.9 Å². The minimum Gasteiger partial charge on any atom is -1.00 e. The van der Waals surface area contributed by atoms with Crippen LogP contribution in [0.1, 0.15) is 5.56 Å². The predicted octanol–water partition coefficient (Wildman–Crippen LogP) is -1.88. The largest absolute Gasteiger partial charge is 1.00 e. The summed E-state index contributed by atoms with van der Waals surface area (Å²) < 4.78 is 17.8. The number of aryl methyl sites for hydroxylation is 1. The highest BCUT2D eigenvalue weighted by atomic mass is 35.5. The van der Waals surface area contributed by atoms with Crippen molar-refractivity contribution < 1.29 is 26.6 Å². The van der Waals surface area contributed by atoms with E-state index in [0.717, 1.165) is 23.0 Å². The van der Waals surface area contributed by atoms with E-state index in [0.29, 0.717) is 23.8 Å². The topological polar surface area (TPSA) is 83.3 Å². The summed E-state index contributed by atoms with van der Waals surface area (Å²) in [5.74, 6) is 2.81. The molecule has 0 aliphatic carbocycles. The number of benzene rings is 1. The van der Waals surface area contributed by atoms with E-state index in [-0.39, 0.29) is 12.4 Å². The number of rotatable bonds is 9. The Morgan fingerprint density at radius 1 is 1.12 bits per heavy atom. The lowest BCUT2D eigenvalue weighted by atomic mass is 10.1. The molecule has 0 bridgehead atoms. The summed E-state index contributed by atoms with van der Waals surface area (Å²) in [5, 5.41) is 15.5. The molecule has 0 fully saturated rings. The van der Waals surface area contributed by atoms with Crippen molar-refractivity contribution in [1.82, 2.24) is 25.5 Å². The molecule has 0 radical (unpaired) electrons. The Hall–Kier alpha value is -1.71. The van der Waals surface area contributed by atoms with E-state index in [9.17, 15) is 0 Å². The number of ether oxygens (including phenoxy) is 3. The molecule has 0 saturated carbocycles. The van der Waals surface area contributed by atoms with Crippen LogP contribution in [0.15, 0.2) is 17.3 Å².